The molecule has 1 aliphatic rings. The fourth-order valence-corrected chi connectivity index (χ4v) is 3.22. The van der Waals surface area contributed by atoms with E-state index in [1.807, 2.05) is 12.3 Å². The third kappa shape index (κ3) is 4.19. The molecule has 1 saturated heterocycles. The van der Waals surface area contributed by atoms with E-state index in [1.165, 1.54) is 12.1 Å². The lowest BCUT2D eigenvalue weighted by molar-refractivity contribution is -0.0218. The first-order valence-corrected chi connectivity index (χ1v) is 9.28. The number of amides is 1. The van der Waals surface area contributed by atoms with E-state index in [9.17, 15) is 9.18 Å². The Kier molecular flexibility index (Phi) is 5.58. The second kappa shape index (κ2) is 7.85. The molecule has 0 unspecified atom stereocenters. The SMILES string of the molecule is CSCc1ccc(C(=O)N2CCO[C@@H](Cc3ccc(F)cc3)C2)o1. The Morgan fingerprint density at radius 1 is 1.29 bits per heavy atom. The van der Waals surface area contributed by atoms with Crippen LogP contribution in [0.2, 0.25) is 0 Å². The van der Waals surface area contributed by atoms with Gasteiger partial charge in [-0.05, 0) is 36.1 Å². The number of furan rings is 1. The number of nitrogens with zero attached hydrogens (tertiary/aromatic N) is 1. The van der Waals surface area contributed by atoms with Gasteiger partial charge in [-0.2, -0.15) is 11.8 Å². The smallest absolute Gasteiger partial charge is 0.289 e. The Bertz CT molecular complexity index is 686. The Morgan fingerprint density at radius 3 is 2.83 bits per heavy atom. The molecule has 1 aliphatic heterocycles. The summed E-state index contributed by atoms with van der Waals surface area (Å²) >= 11 is 1.65. The van der Waals surface area contributed by atoms with Crippen molar-refractivity contribution in [2.24, 2.45) is 0 Å². The molecule has 24 heavy (non-hydrogen) atoms. The van der Waals surface area contributed by atoms with Crippen molar-refractivity contribution in [2.75, 3.05) is 26.0 Å². The van der Waals surface area contributed by atoms with E-state index < -0.39 is 0 Å². The second-order valence-electron chi connectivity index (χ2n) is 5.77. The third-order valence-electron chi connectivity index (χ3n) is 3.96. The van der Waals surface area contributed by atoms with E-state index in [-0.39, 0.29) is 17.8 Å². The van der Waals surface area contributed by atoms with Crippen molar-refractivity contribution >= 4 is 17.7 Å². The maximum absolute atomic E-state index is 13.0. The summed E-state index contributed by atoms with van der Waals surface area (Å²) in [6, 6.07) is 9.97. The summed E-state index contributed by atoms with van der Waals surface area (Å²) in [6.07, 6.45) is 2.56. The summed E-state index contributed by atoms with van der Waals surface area (Å²) in [5.74, 6) is 1.58. The van der Waals surface area contributed by atoms with Gasteiger partial charge in [-0.1, -0.05) is 12.1 Å². The summed E-state index contributed by atoms with van der Waals surface area (Å²) in [7, 11) is 0. The largest absolute Gasteiger partial charge is 0.455 e. The van der Waals surface area contributed by atoms with Gasteiger partial charge in [0, 0.05) is 19.5 Å². The van der Waals surface area contributed by atoms with Crippen molar-refractivity contribution in [1.29, 1.82) is 0 Å². The van der Waals surface area contributed by atoms with E-state index in [1.54, 1.807) is 34.9 Å². The molecule has 6 heteroatoms. The summed E-state index contributed by atoms with van der Waals surface area (Å²) in [4.78, 5) is 14.3. The third-order valence-corrected chi connectivity index (χ3v) is 4.53. The predicted molar refractivity (Wildman–Crippen MR) is 91.7 cm³/mol. The Morgan fingerprint density at radius 2 is 2.08 bits per heavy atom. The highest BCUT2D eigenvalue weighted by molar-refractivity contribution is 7.97. The monoisotopic (exact) mass is 349 g/mol. The number of ether oxygens (including phenoxy) is 1. The number of morpholine rings is 1. The van der Waals surface area contributed by atoms with Crippen LogP contribution in [-0.2, 0) is 16.9 Å². The Balaban J connectivity index is 1.61. The van der Waals surface area contributed by atoms with E-state index in [0.717, 1.165) is 17.1 Å². The average Bonchev–Trinajstić information content (AvgIpc) is 3.06. The highest BCUT2D eigenvalue weighted by atomic mass is 32.2. The first kappa shape index (κ1) is 17.0. The fraction of sp³-hybridized carbons (Fsp3) is 0.389. The van der Waals surface area contributed by atoms with Gasteiger partial charge in [-0.15, -0.1) is 0 Å². The zero-order chi connectivity index (χ0) is 16.9. The minimum absolute atomic E-state index is 0.0891. The van der Waals surface area contributed by atoms with Gasteiger partial charge in [0.05, 0.1) is 18.5 Å². The van der Waals surface area contributed by atoms with Crippen molar-refractivity contribution in [3.63, 3.8) is 0 Å². The molecule has 4 nitrogen and oxygen atoms in total. The van der Waals surface area contributed by atoms with Crippen LogP contribution in [0.25, 0.3) is 0 Å². The van der Waals surface area contributed by atoms with E-state index >= 15 is 0 Å². The molecule has 0 saturated carbocycles. The van der Waals surface area contributed by atoms with Crippen molar-refractivity contribution in [3.05, 3.63) is 59.3 Å². The molecule has 1 aromatic heterocycles. The fourth-order valence-electron chi connectivity index (χ4n) is 2.78. The van der Waals surface area contributed by atoms with Gasteiger partial charge in [-0.3, -0.25) is 4.79 Å². The van der Waals surface area contributed by atoms with E-state index in [2.05, 4.69) is 0 Å². The standard InChI is InChI=1S/C18H20FNO3S/c1-24-12-15-6-7-17(23-15)18(21)20-8-9-22-16(11-20)10-13-2-4-14(19)5-3-13/h2-7,16H,8-12H2,1H3/t16-/m0/s1. The van der Waals surface area contributed by atoms with Crippen LogP contribution in [0.5, 0.6) is 0 Å². The van der Waals surface area contributed by atoms with Crippen LogP contribution in [0.15, 0.2) is 40.8 Å². The molecule has 0 N–H and O–H groups in total. The first-order valence-electron chi connectivity index (χ1n) is 7.88. The molecule has 0 spiro atoms. The van der Waals surface area contributed by atoms with E-state index in [4.69, 9.17) is 9.15 Å². The zero-order valence-electron chi connectivity index (χ0n) is 13.5. The molecular weight excluding hydrogens is 329 g/mol. The van der Waals surface area contributed by atoms with Crippen molar-refractivity contribution in [3.8, 4) is 0 Å². The summed E-state index contributed by atoms with van der Waals surface area (Å²) in [5.41, 5.74) is 0.996. The van der Waals surface area contributed by atoms with Gasteiger partial charge in [-0.25, -0.2) is 4.39 Å². The van der Waals surface area contributed by atoms with Crippen LogP contribution in [0.4, 0.5) is 4.39 Å². The second-order valence-corrected chi connectivity index (χ2v) is 6.64. The van der Waals surface area contributed by atoms with Gasteiger partial charge >= 0.3 is 0 Å². The van der Waals surface area contributed by atoms with Gasteiger partial charge in [0.1, 0.15) is 11.6 Å². The first-order chi connectivity index (χ1) is 11.7. The summed E-state index contributed by atoms with van der Waals surface area (Å²) < 4.78 is 24.3. The minimum Gasteiger partial charge on any atom is -0.455 e. The average molecular weight is 349 g/mol. The molecule has 1 atom stereocenters. The lowest BCUT2D eigenvalue weighted by Crippen LogP contribution is -2.46. The quantitative estimate of drug-likeness (QED) is 0.830. The molecule has 3 rings (SSSR count). The molecule has 1 fully saturated rings. The molecule has 1 amide bonds. The number of benzene rings is 1. The van der Waals surface area contributed by atoms with Gasteiger partial charge in [0.15, 0.2) is 5.76 Å². The van der Waals surface area contributed by atoms with Crippen LogP contribution < -0.4 is 0 Å². The normalized spacial score (nSPS) is 17.9. The molecule has 0 bridgehead atoms. The van der Waals surface area contributed by atoms with Crippen LogP contribution >= 0.6 is 11.8 Å². The van der Waals surface area contributed by atoms with Gasteiger partial charge < -0.3 is 14.1 Å². The van der Waals surface area contributed by atoms with Crippen LogP contribution in [-0.4, -0.2) is 42.9 Å². The Labute approximate surface area is 145 Å². The highest BCUT2D eigenvalue weighted by Crippen LogP contribution is 2.18. The lowest BCUT2D eigenvalue weighted by atomic mass is 10.1. The molecular formula is C18H20FNO3S. The van der Waals surface area contributed by atoms with Crippen LogP contribution in [0, 0.1) is 5.82 Å². The molecule has 0 radical (unpaired) electrons. The topological polar surface area (TPSA) is 42.7 Å². The van der Waals surface area contributed by atoms with Crippen LogP contribution in [0.3, 0.4) is 0 Å². The van der Waals surface area contributed by atoms with E-state index in [0.29, 0.717) is 31.9 Å². The molecule has 2 heterocycles. The number of thioether (sulfide) groups is 1. The lowest BCUT2D eigenvalue weighted by Gasteiger charge is -2.32. The highest BCUT2D eigenvalue weighted by Gasteiger charge is 2.27. The van der Waals surface area contributed by atoms with Crippen molar-refractivity contribution in [2.45, 2.75) is 18.3 Å². The van der Waals surface area contributed by atoms with Crippen molar-refractivity contribution in [1.82, 2.24) is 4.90 Å². The number of hydrogen-bond donors (Lipinski definition) is 0. The molecule has 2 aromatic rings. The molecule has 128 valence electrons. The van der Waals surface area contributed by atoms with Crippen molar-refractivity contribution < 1.29 is 18.3 Å². The maximum atomic E-state index is 13.0. The molecule has 0 aliphatic carbocycles. The number of hydrogen-bond acceptors (Lipinski definition) is 4. The van der Waals surface area contributed by atoms with Crippen LogP contribution in [0.1, 0.15) is 21.9 Å². The minimum atomic E-state index is -0.251. The van der Waals surface area contributed by atoms with Gasteiger partial charge in [0.2, 0.25) is 0 Å². The number of halogens is 1. The number of carbonyl (C=O) groups excluding carboxylic acids is 1. The number of carbonyl (C=O) groups is 1. The number of rotatable bonds is 5. The zero-order valence-corrected chi connectivity index (χ0v) is 14.4. The predicted octanol–water partition coefficient (Wildman–Crippen LogP) is 3.37. The Hall–Kier alpha value is -1.79. The summed E-state index contributed by atoms with van der Waals surface area (Å²) in [5, 5.41) is 0. The summed E-state index contributed by atoms with van der Waals surface area (Å²) in [6.45, 7) is 1.56. The molecule has 1 aromatic carbocycles. The van der Waals surface area contributed by atoms with Gasteiger partial charge in [0.25, 0.3) is 5.91 Å². The maximum Gasteiger partial charge on any atom is 0.289 e.